The quantitative estimate of drug-likeness (QED) is 0.852. The number of nitrogens with two attached hydrogens (primary N) is 1. The van der Waals surface area contributed by atoms with Gasteiger partial charge in [0.1, 0.15) is 0 Å². The van der Waals surface area contributed by atoms with Gasteiger partial charge in [-0.25, -0.2) is 0 Å². The predicted molar refractivity (Wildman–Crippen MR) is 57.4 cm³/mol. The molecule has 1 aromatic rings. The van der Waals surface area contributed by atoms with Crippen molar-refractivity contribution >= 4 is 12.4 Å². The van der Waals surface area contributed by atoms with Gasteiger partial charge in [-0.3, -0.25) is 0 Å². The van der Waals surface area contributed by atoms with Gasteiger partial charge in [-0.1, -0.05) is 29.8 Å². The number of aryl methyl sites for hydroxylation is 1. The van der Waals surface area contributed by atoms with Crippen LogP contribution in [-0.4, -0.2) is 17.4 Å². The SMILES string of the molecule is Cc1ccc([C@H](N)[C@H](O)C(F)(F)F)cc1.Cl. The molecule has 0 aliphatic heterocycles. The Bertz CT molecular complexity index is 326. The first-order valence-electron chi connectivity index (χ1n) is 4.39. The molecule has 2 atom stereocenters. The lowest BCUT2D eigenvalue weighted by atomic mass is 10.0. The molecule has 92 valence electrons. The molecule has 1 rings (SSSR count). The van der Waals surface area contributed by atoms with Crippen LogP contribution in [0.3, 0.4) is 0 Å². The lowest BCUT2D eigenvalue weighted by Gasteiger charge is -2.21. The first kappa shape index (κ1) is 15.2. The van der Waals surface area contributed by atoms with Crippen LogP contribution in [0.15, 0.2) is 24.3 Å². The standard InChI is InChI=1S/C10H12F3NO.ClH/c1-6-2-4-7(5-3-6)8(14)9(15)10(11,12)13;/h2-5,8-9,15H,14H2,1H3;1H/t8-,9-;/m0./s1. The van der Waals surface area contributed by atoms with Crippen molar-refractivity contribution in [2.24, 2.45) is 5.73 Å². The van der Waals surface area contributed by atoms with Gasteiger partial charge in [0.05, 0.1) is 6.04 Å². The van der Waals surface area contributed by atoms with Crippen LogP contribution < -0.4 is 5.73 Å². The second-order valence-corrected chi connectivity index (χ2v) is 3.42. The van der Waals surface area contributed by atoms with E-state index in [2.05, 4.69) is 0 Å². The smallest absolute Gasteiger partial charge is 0.382 e. The van der Waals surface area contributed by atoms with Crippen LogP contribution in [0.2, 0.25) is 0 Å². The number of aliphatic hydroxyl groups excluding tert-OH is 1. The van der Waals surface area contributed by atoms with Crippen LogP contribution >= 0.6 is 12.4 Å². The van der Waals surface area contributed by atoms with E-state index >= 15 is 0 Å². The third kappa shape index (κ3) is 3.66. The Morgan fingerprint density at radius 3 is 2.00 bits per heavy atom. The van der Waals surface area contributed by atoms with E-state index in [1.54, 1.807) is 12.1 Å². The van der Waals surface area contributed by atoms with Gasteiger partial charge < -0.3 is 10.8 Å². The molecular weight excluding hydrogens is 243 g/mol. The molecule has 2 nitrogen and oxygen atoms in total. The third-order valence-electron chi connectivity index (χ3n) is 2.14. The Kier molecular flexibility index (Phi) is 5.25. The van der Waals surface area contributed by atoms with Gasteiger partial charge in [-0.05, 0) is 12.5 Å². The number of alkyl halides is 3. The fourth-order valence-electron chi connectivity index (χ4n) is 1.17. The Labute approximate surface area is 97.7 Å². The summed E-state index contributed by atoms with van der Waals surface area (Å²) >= 11 is 0. The van der Waals surface area contributed by atoms with Crippen molar-refractivity contribution in [2.75, 3.05) is 0 Å². The summed E-state index contributed by atoms with van der Waals surface area (Å²) < 4.78 is 36.4. The fraction of sp³-hybridized carbons (Fsp3) is 0.400. The Balaban J connectivity index is 0.00000225. The molecule has 0 heterocycles. The van der Waals surface area contributed by atoms with Crippen molar-refractivity contribution < 1.29 is 18.3 Å². The maximum atomic E-state index is 12.1. The van der Waals surface area contributed by atoms with Crippen molar-refractivity contribution in [3.05, 3.63) is 35.4 Å². The van der Waals surface area contributed by atoms with Crippen LogP contribution in [0.4, 0.5) is 13.2 Å². The topological polar surface area (TPSA) is 46.2 Å². The highest BCUT2D eigenvalue weighted by Gasteiger charge is 2.42. The van der Waals surface area contributed by atoms with Crippen LogP contribution in [0.5, 0.6) is 0 Å². The van der Waals surface area contributed by atoms with Gasteiger partial charge in [0.25, 0.3) is 0 Å². The molecule has 0 aliphatic carbocycles. The van der Waals surface area contributed by atoms with E-state index in [1.807, 2.05) is 6.92 Å². The summed E-state index contributed by atoms with van der Waals surface area (Å²) in [5.41, 5.74) is 6.50. The van der Waals surface area contributed by atoms with E-state index in [9.17, 15) is 13.2 Å². The molecule has 0 spiro atoms. The zero-order valence-electron chi connectivity index (χ0n) is 8.53. The van der Waals surface area contributed by atoms with Gasteiger partial charge in [0, 0.05) is 0 Å². The van der Waals surface area contributed by atoms with Crippen molar-refractivity contribution in [1.82, 2.24) is 0 Å². The third-order valence-corrected chi connectivity index (χ3v) is 2.14. The second kappa shape index (κ2) is 5.52. The van der Waals surface area contributed by atoms with E-state index in [1.165, 1.54) is 12.1 Å². The molecule has 0 saturated carbocycles. The highest BCUT2D eigenvalue weighted by molar-refractivity contribution is 5.85. The minimum Gasteiger partial charge on any atom is -0.382 e. The monoisotopic (exact) mass is 255 g/mol. The van der Waals surface area contributed by atoms with Gasteiger partial charge in [0.15, 0.2) is 6.10 Å². The van der Waals surface area contributed by atoms with Crippen molar-refractivity contribution in [3.63, 3.8) is 0 Å². The van der Waals surface area contributed by atoms with E-state index in [0.717, 1.165) is 5.56 Å². The first-order chi connectivity index (χ1) is 6.82. The Morgan fingerprint density at radius 1 is 1.19 bits per heavy atom. The number of benzene rings is 1. The lowest BCUT2D eigenvalue weighted by molar-refractivity contribution is -0.210. The van der Waals surface area contributed by atoms with Crippen molar-refractivity contribution in [2.45, 2.75) is 25.2 Å². The molecule has 1 aromatic carbocycles. The van der Waals surface area contributed by atoms with Crippen LogP contribution in [0.25, 0.3) is 0 Å². The lowest BCUT2D eigenvalue weighted by Crippen LogP contribution is -2.38. The van der Waals surface area contributed by atoms with Gasteiger partial charge >= 0.3 is 6.18 Å². The minimum absolute atomic E-state index is 0. The van der Waals surface area contributed by atoms with Crippen molar-refractivity contribution in [1.29, 1.82) is 0 Å². The summed E-state index contributed by atoms with van der Waals surface area (Å²) in [6.07, 6.45) is -7.22. The average molecular weight is 256 g/mol. The van der Waals surface area contributed by atoms with Gasteiger partial charge in [-0.15, -0.1) is 12.4 Å². The maximum absolute atomic E-state index is 12.1. The van der Waals surface area contributed by atoms with Crippen LogP contribution in [-0.2, 0) is 0 Å². The summed E-state index contributed by atoms with van der Waals surface area (Å²) in [5, 5.41) is 8.93. The molecule has 6 heteroatoms. The highest BCUT2D eigenvalue weighted by atomic mass is 35.5. The molecule has 0 unspecified atom stereocenters. The number of hydrogen-bond acceptors (Lipinski definition) is 2. The molecular formula is C10H13ClF3NO. The number of rotatable bonds is 2. The number of halogens is 4. The van der Waals surface area contributed by atoms with Crippen LogP contribution in [0, 0.1) is 6.92 Å². The molecule has 0 radical (unpaired) electrons. The molecule has 0 amide bonds. The average Bonchev–Trinajstić information content (AvgIpc) is 2.15. The summed E-state index contributed by atoms with van der Waals surface area (Å²) in [6, 6.07) is 4.83. The fourth-order valence-corrected chi connectivity index (χ4v) is 1.17. The van der Waals surface area contributed by atoms with Gasteiger partial charge in [0.2, 0.25) is 0 Å². The molecule has 0 saturated heterocycles. The summed E-state index contributed by atoms with van der Waals surface area (Å²) in [5.74, 6) is 0. The van der Waals surface area contributed by atoms with Crippen molar-refractivity contribution in [3.8, 4) is 0 Å². The highest BCUT2D eigenvalue weighted by Crippen LogP contribution is 2.28. The van der Waals surface area contributed by atoms with Crippen LogP contribution in [0.1, 0.15) is 17.2 Å². The molecule has 0 fully saturated rings. The summed E-state index contributed by atoms with van der Waals surface area (Å²) in [6.45, 7) is 1.81. The zero-order chi connectivity index (χ0) is 11.6. The minimum atomic E-state index is -4.69. The van der Waals surface area contributed by atoms with E-state index in [4.69, 9.17) is 10.8 Å². The molecule has 16 heavy (non-hydrogen) atoms. The second-order valence-electron chi connectivity index (χ2n) is 3.42. The molecule has 0 bridgehead atoms. The Hall–Kier alpha value is -0.780. The molecule has 3 N–H and O–H groups in total. The zero-order valence-corrected chi connectivity index (χ0v) is 9.35. The number of aliphatic hydroxyl groups is 1. The number of hydrogen-bond donors (Lipinski definition) is 2. The predicted octanol–water partition coefficient (Wildman–Crippen LogP) is 2.34. The van der Waals surface area contributed by atoms with E-state index in [0.29, 0.717) is 0 Å². The first-order valence-corrected chi connectivity index (χ1v) is 4.39. The van der Waals surface area contributed by atoms with Gasteiger partial charge in [-0.2, -0.15) is 13.2 Å². The maximum Gasteiger partial charge on any atom is 0.416 e. The summed E-state index contributed by atoms with van der Waals surface area (Å²) in [4.78, 5) is 0. The normalized spacial score (nSPS) is 15.1. The molecule has 0 aliphatic rings. The summed E-state index contributed by atoms with van der Waals surface area (Å²) in [7, 11) is 0. The van der Waals surface area contributed by atoms with E-state index < -0.39 is 18.3 Å². The largest absolute Gasteiger partial charge is 0.416 e. The van der Waals surface area contributed by atoms with E-state index in [-0.39, 0.29) is 18.0 Å². The Morgan fingerprint density at radius 2 is 1.62 bits per heavy atom. The molecule has 0 aromatic heterocycles.